The van der Waals surface area contributed by atoms with Gasteiger partial charge < -0.3 is 10.1 Å². The summed E-state index contributed by atoms with van der Waals surface area (Å²) in [5.74, 6) is 0.585. The van der Waals surface area contributed by atoms with Crippen LogP contribution in [0.1, 0.15) is 18.7 Å². The number of aliphatic hydroxyl groups excluding tert-OH is 1. The molecular formula is C13H13FN2O. The van der Waals surface area contributed by atoms with Crippen molar-refractivity contribution in [2.45, 2.75) is 18.3 Å². The number of aliphatic hydroxyl groups is 1. The van der Waals surface area contributed by atoms with Crippen molar-refractivity contribution < 1.29 is 9.50 Å². The Morgan fingerprint density at radius 2 is 2.00 bits per heavy atom. The maximum Gasteiger partial charge on any atom is 0.123 e. The highest BCUT2D eigenvalue weighted by molar-refractivity contribution is 5.58. The minimum atomic E-state index is -0.248. The molecule has 3 nitrogen and oxygen atoms in total. The van der Waals surface area contributed by atoms with Crippen LogP contribution in [-0.4, -0.2) is 21.7 Å². The molecule has 88 valence electrons. The third-order valence-corrected chi connectivity index (χ3v) is 3.39. The second kappa shape index (κ2) is 3.67. The normalized spacial score (nSPS) is 17.1. The van der Waals surface area contributed by atoms with Gasteiger partial charge in [0.2, 0.25) is 0 Å². The molecule has 0 saturated heterocycles. The largest absolute Gasteiger partial charge is 0.395 e. The number of benzene rings is 1. The van der Waals surface area contributed by atoms with Gasteiger partial charge in [-0.3, -0.25) is 0 Å². The second-order valence-corrected chi connectivity index (χ2v) is 4.59. The standard InChI is InChI=1S/C13H13FN2O/c14-10-3-1-9(2-4-10)11-7-15-12(16-11)13(8-17)5-6-13/h1-4,7,17H,5-6,8H2,(H,15,16). The van der Waals surface area contributed by atoms with E-state index in [2.05, 4.69) is 9.97 Å². The average molecular weight is 232 g/mol. The minimum Gasteiger partial charge on any atom is -0.395 e. The summed E-state index contributed by atoms with van der Waals surface area (Å²) in [5, 5.41) is 9.32. The Morgan fingerprint density at radius 1 is 1.29 bits per heavy atom. The fourth-order valence-electron chi connectivity index (χ4n) is 1.99. The molecule has 1 aromatic heterocycles. The summed E-state index contributed by atoms with van der Waals surface area (Å²) in [5.41, 5.74) is 1.61. The molecule has 1 fully saturated rings. The van der Waals surface area contributed by atoms with Gasteiger partial charge in [0, 0.05) is 0 Å². The molecule has 4 heteroatoms. The first-order chi connectivity index (χ1) is 8.23. The molecule has 0 amide bonds. The van der Waals surface area contributed by atoms with E-state index in [4.69, 9.17) is 0 Å². The maximum atomic E-state index is 12.8. The Kier molecular flexibility index (Phi) is 2.26. The van der Waals surface area contributed by atoms with Crippen LogP contribution in [0.2, 0.25) is 0 Å². The van der Waals surface area contributed by atoms with Gasteiger partial charge in [0.15, 0.2) is 0 Å². The van der Waals surface area contributed by atoms with E-state index in [1.807, 2.05) is 0 Å². The number of halogens is 1. The van der Waals surface area contributed by atoms with Crippen molar-refractivity contribution in [3.63, 3.8) is 0 Å². The first kappa shape index (κ1) is 10.5. The summed E-state index contributed by atoms with van der Waals surface area (Å²) in [4.78, 5) is 7.52. The topological polar surface area (TPSA) is 48.9 Å². The molecule has 0 radical (unpaired) electrons. The molecule has 1 aliphatic rings. The van der Waals surface area contributed by atoms with Crippen LogP contribution in [0.5, 0.6) is 0 Å². The van der Waals surface area contributed by atoms with E-state index in [1.165, 1.54) is 12.1 Å². The van der Waals surface area contributed by atoms with Gasteiger partial charge in [-0.05, 0) is 42.7 Å². The van der Waals surface area contributed by atoms with Crippen molar-refractivity contribution in [3.05, 3.63) is 42.1 Å². The lowest BCUT2D eigenvalue weighted by Gasteiger charge is -2.06. The van der Waals surface area contributed by atoms with Gasteiger partial charge in [-0.1, -0.05) is 0 Å². The van der Waals surface area contributed by atoms with Crippen LogP contribution in [0.4, 0.5) is 4.39 Å². The van der Waals surface area contributed by atoms with Crippen LogP contribution < -0.4 is 0 Å². The highest BCUT2D eigenvalue weighted by Gasteiger charge is 2.46. The SMILES string of the molecule is OCC1(c2ncc(-c3ccc(F)cc3)[nH]2)CC1. The molecule has 2 aromatic rings. The Hall–Kier alpha value is -1.68. The number of imidazole rings is 1. The smallest absolute Gasteiger partial charge is 0.123 e. The van der Waals surface area contributed by atoms with Gasteiger partial charge in [0.05, 0.1) is 23.9 Å². The van der Waals surface area contributed by atoms with Crippen molar-refractivity contribution in [2.75, 3.05) is 6.61 Å². The second-order valence-electron chi connectivity index (χ2n) is 4.59. The monoisotopic (exact) mass is 232 g/mol. The fourth-order valence-corrected chi connectivity index (χ4v) is 1.99. The van der Waals surface area contributed by atoms with E-state index < -0.39 is 0 Å². The van der Waals surface area contributed by atoms with Crippen molar-refractivity contribution in [2.24, 2.45) is 0 Å². The van der Waals surface area contributed by atoms with Crippen LogP contribution >= 0.6 is 0 Å². The summed E-state index contributed by atoms with van der Waals surface area (Å²) < 4.78 is 12.8. The van der Waals surface area contributed by atoms with E-state index in [-0.39, 0.29) is 17.8 Å². The van der Waals surface area contributed by atoms with Crippen molar-refractivity contribution in [1.29, 1.82) is 0 Å². The van der Waals surface area contributed by atoms with E-state index in [0.29, 0.717) is 0 Å². The first-order valence-corrected chi connectivity index (χ1v) is 5.66. The summed E-state index contributed by atoms with van der Waals surface area (Å²) in [6.45, 7) is 0.128. The molecule has 1 aromatic carbocycles. The van der Waals surface area contributed by atoms with E-state index in [1.54, 1.807) is 18.3 Å². The van der Waals surface area contributed by atoms with Crippen molar-refractivity contribution >= 4 is 0 Å². The summed E-state index contributed by atoms with van der Waals surface area (Å²) >= 11 is 0. The molecular weight excluding hydrogens is 219 g/mol. The van der Waals surface area contributed by atoms with Gasteiger partial charge in [-0.15, -0.1) is 0 Å². The fraction of sp³-hybridized carbons (Fsp3) is 0.308. The molecule has 0 bridgehead atoms. The summed E-state index contributed by atoms with van der Waals surface area (Å²) in [6, 6.07) is 6.28. The number of aromatic amines is 1. The lowest BCUT2D eigenvalue weighted by Crippen LogP contribution is -2.13. The van der Waals surface area contributed by atoms with Gasteiger partial charge in [-0.25, -0.2) is 9.37 Å². The highest BCUT2D eigenvalue weighted by Crippen LogP contribution is 2.46. The Bertz CT molecular complexity index is 529. The van der Waals surface area contributed by atoms with Gasteiger partial charge >= 0.3 is 0 Å². The third kappa shape index (κ3) is 1.74. The number of nitrogens with zero attached hydrogens (tertiary/aromatic N) is 1. The molecule has 3 rings (SSSR count). The number of nitrogens with one attached hydrogen (secondary N) is 1. The van der Waals surface area contributed by atoms with Crippen LogP contribution in [-0.2, 0) is 5.41 Å². The number of aromatic nitrogens is 2. The zero-order valence-corrected chi connectivity index (χ0v) is 9.28. The Labute approximate surface area is 98.3 Å². The molecule has 2 N–H and O–H groups in total. The van der Waals surface area contributed by atoms with E-state index in [0.717, 1.165) is 29.9 Å². The van der Waals surface area contributed by atoms with E-state index in [9.17, 15) is 9.50 Å². The van der Waals surface area contributed by atoms with Crippen molar-refractivity contribution in [1.82, 2.24) is 9.97 Å². The lowest BCUT2D eigenvalue weighted by molar-refractivity contribution is 0.250. The third-order valence-electron chi connectivity index (χ3n) is 3.39. The molecule has 1 saturated carbocycles. The molecule has 17 heavy (non-hydrogen) atoms. The number of hydrogen-bond donors (Lipinski definition) is 2. The van der Waals surface area contributed by atoms with Crippen LogP contribution in [0.25, 0.3) is 11.3 Å². The van der Waals surface area contributed by atoms with Gasteiger partial charge in [-0.2, -0.15) is 0 Å². The molecule has 0 aliphatic heterocycles. The quantitative estimate of drug-likeness (QED) is 0.852. The van der Waals surface area contributed by atoms with Crippen LogP contribution in [0.15, 0.2) is 30.5 Å². The van der Waals surface area contributed by atoms with Gasteiger partial charge in [0.25, 0.3) is 0 Å². The summed E-state index contributed by atoms with van der Waals surface area (Å²) in [7, 11) is 0. The number of hydrogen-bond acceptors (Lipinski definition) is 2. The van der Waals surface area contributed by atoms with Crippen LogP contribution in [0.3, 0.4) is 0 Å². The molecule has 1 aliphatic carbocycles. The zero-order valence-electron chi connectivity index (χ0n) is 9.28. The molecule has 1 heterocycles. The first-order valence-electron chi connectivity index (χ1n) is 5.66. The van der Waals surface area contributed by atoms with Crippen LogP contribution in [0, 0.1) is 5.82 Å². The molecule has 0 spiro atoms. The number of H-pyrrole nitrogens is 1. The van der Waals surface area contributed by atoms with Gasteiger partial charge in [0.1, 0.15) is 11.6 Å². The molecule has 0 unspecified atom stereocenters. The lowest BCUT2D eigenvalue weighted by atomic mass is 10.1. The number of rotatable bonds is 3. The Morgan fingerprint density at radius 3 is 2.59 bits per heavy atom. The summed E-state index contributed by atoms with van der Waals surface area (Å²) in [6.07, 6.45) is 3.68. The molecule has 0 atom stereocenters. The van der Waals surface area contributed by atoms with E-state index >= 15 is 0 Å². The minimum absolute atomic E-state index is 0.128. The Balaban J connectivity index is 1.92. The predicted molar refractivity (Wildman–Crippen MR) is 62.0 cm³/mol. The van der Waals surface area contributed by atoms with Crippen molar-refractivity contribution in [3.8, 4) is 11.3 Å². The highest BCUT2D eigenvalue weighted by atomic mass is 19.1. The average Bonchev–Trinajstić information content (AvgIpc) is 3.00. The zero-order chi connectivity index (χ0) is 11.9. The predicted octanol–water partition coefficient (Wildman–Crippen LogP) is 2.24. The maximum absolute atomic E-state index is 12.8.